The Morgan fingerprint density at radius 2 is 2.10 bits per heavy atom. The standard InChI is InChI=1S/C6H15FN2Si/c1-3-5-9-6(7)8(4-2)10-9/h6H,3-5,10H2,1-2H3. The number of halogens is 1. The minimum atomic E-state index is -0.739. The Morgan fingerprint density at radius 1 is 1.40 bits per heavy atom. The molecule has 0 N–H and O–H groups in total. The smallest absolute Gasteiger partial charge is 0.199 e. The van der Waals surface area contributed by atoms with E-state index in [-0.39, 0.29) is 9.84 Å². The Morgan fingerprint density at radius 3 is 2.50 bits per heavy atom. The number of alkyl halides is 1. The molecule has 1 heterocycles. The third kappa shape index (κ3) is 1.38. The van der Waals surface area contributed by atoms with Gasteiger partial charge < -0.3 is 0 Å². The normalized spacial score (nSPS) is 30.9. The van der Waals surface area contributed by atoms with Crippen LogP contribution in [0.15, 0.2) is 0 Å². The van der Waals surface area contributed by atoms with Gasteiger partial charge in [-0.15, -0.1) is 0 Å². The predicted octanol–water partition coefficient (Wildman–Crippen LogP) is 0.286. The van der Waals surface area contributed by atoms with Crippen molar-refractivity contribution in [2.45, 2.75) is 26.7 Å². The molecular formula is C6H15FN2Si. The molecule has 0 radical (unpaired) electrons. The summed E-state index contributed by atoms with van der Waals surface area (Å²) in [5.74, 6) is 0. The quantitative estimate of drug-likeness (QED) is 0.434. The van der Waals surface area contributed by atoms with Crippen LogP contribution >= 0.6 is 0 Å². The molecule has 0 saturated carbocycles. The summed E-state index contributed by atoms with van der Waals surface area (Å²) in [5.41, 5.74) is 0. The van der Waals surface area contributed by atoms with Crippen molar-refractivity contribution in [1.82, 2.24) is 9.13 Å². The zero-order chi connectivity index (χ0) is 7.56. The van der Waals surface area contributed by atoms with Crippen molar-refractivity contribution in [2.75, 3.05) is 13.1 Å². The van der Waals surface area contributed by atoms with Crippen LogP contribution in [0.1, 0.15) is 20.3 Å². The molecule has 1 atom stereocenters. The van der Waals surface area contributed by atoms with Crippen LogP contribution in [-0.2, 0) is 0 Å². The second-order valence-electron chi connectivity index (χ2n) is 2.67. The molecular weight excluding hydrogens is 147 g/mol. The lowest BCUT2D eigenvalue weighted by molar-refractivity contribution is -0.0133. The van der Waals surface area contributed by atoms with Crippen LogP contribution in [-0.4, -0.2) is 38.5 Å². The second kappa shape index (κ2) is 3.46. The molecule has 2 nitrogen and oxygen atoms in total. The van der Waals surface area contributed by atoms with E-state index < -0.39 is 6.42 Å². The van der Waals surface area contributed by atoms with Gasteiger partial charge in [-0.25, -0.2) is 4.39 Å². The summed E-state index contributed by atoms with van der Waals surface area (Å²) >= 11 is 0. The van der Waals surface area contributed by atoms with E-state index in [0.29, 0.717) is 0 Å². The molecule has 1 unspecified atom stereocenters. The first-order valence-electron chi connectivity index (χ1n) is 3.91. The summed E-state index contributed by atoms with van der Waals surface area (Å²) in [5, 5.41) is 0. The maximum Gasteiger partial charge on any atom is 0.199 e. The Hall–Kier alpha value is 0.0669. The molecule has 0 aliphatic carbocycles. The van der Waals surface area contributed by atoms with Crippen LogP contribution in [0, 0.1) is 0 Å². The predicted molar refractivity (Wildman–Crippen MR) is 42.8 cm³/mol. The molecule has 10 heavy (non-hydrogen) atoms. The van der Waals surface area contributed by atoms with Crippen molar-refractivity contribution < 1.29 is 4.39 Å². The van der Waals surface area contributed by atoms with Crippen molar-refractivity contribution >= 4 is 9.84 Å². The van der Waals surface area contributed by atoms with Gasteiger partial charge in [0.1, 0.15) is 0 Å². The third-order valence-corrected chi connectivity index (χ3v) is 3.98. The van der Waals surface area contributed by atoms with Crippen LogP contribution in [0.2, 0.25) is 0 Å². The average Bonchev–Trinajstić information content (AvgIpc) is 1.96. The second-order valence-corrected chi connectivity index (χ2v) is 4.58. The van der Waals surface area contributed by atoms with Crippen LogP contribution in [0.4, 0.5) is 4.39 Å². The van der Waals surface area contributed by atoms with Gasteiger partial charge in [0.25, 0.3) is 0 Å². The molecule has 1 saturated heterocycles. The van der Waals surface area contributed by atoms with Crippen molar-refractivity contribution in [1.29, 1.82) is 0 Å². The Labute approximate surface area is 64.0 Å². The van der Waals surface area contributed by atoms with Crippen LogP contribution in [0.3, 0.4) is 0 Å². The van der Waals surface area contributed by atoms with E-state index in [4.69, 9.17) is 0 Å². The molecule has 4 heteroatoms. The topological polar surface area (TPSA) is 6.48 Å². The molecule has 1 rings (SSSR count). The van der Waals surface area contributed by atoms with Gasteiger partial charge in [-0.3, -0.25) is 9.13 Å². The lowest BCUT2D eigenvalue weighted by Gasteiger charge is -2.45. The van der Waals surface area contributed by atoms with Gasteiger partial charge in [0.05, 0.1) is 0 Å². The first kappa shape index (κ1) is 8.17. The Balaban J connectivity index is 2.18. The van der Waals surface area contributed by atoms with Gasteiger partial charge in [0, 0.05) is 0 Å². The Bertz CT molecular complexity index is 112. The highest BCUT2D eigenvalue weighted by molar-refractivity contribution is 6.31. The van der Waals surface area contributed by atoms with E-state index in [2.05, 4.69) is 6.92 Å². The monoisotopic (exact) mass is 162 g/mol. The number of nitrogens with zero attached hydrogens (tertiary/aromatic N) is 2. The van der Waals surface area contributed by atoms with Gasteiger partial charge in [-0.1, -0.05) is 13.8 Å². The van der Waals surface area contributed by atoms with Gasteiger partial charge in [-0.05, 0) is 19.5 Å². The lowest BCUT2D eigenvalue weighted by atomic mass is 10.5. The summed E-state index contributed by atoms with van der Waals surface area (Å²) in [6.07, 6.45) is 0.335. The molecule has 0 aromatic rings. The highest BCUT2D eigenvalue weighted by Crippen LogP contribution is 2.16. The van der Waals surface area contributed by atoms with Crippen LogP contribution in [0.25, 0.3) is 0 Å². The minimum Gasteiger partial charge on any atom is -0.275 e. The highest BCUT2D eigenvalue weighted by atomic mass is 28.2. The molecule has 0 spiro atoms. The number of hydrogen-bond acceptors (Lipinski definition) is 2. The van der Waals surface area contributed by atoms with E-state index in [1.807, 2.05) is 16.1 Å². The maximum absolute atomic E-state index is 12.9. The molecule has 0 aromatic heterocycles. The fourth-order valence-electron chi connectivity index (χ4n) is 1.22. The summed E-state index contributed by atoms with van der Waals surface area (Å²) < 4.78 is 16.8. The largest absolute Gasteiger partial charge is 0.275 e. The van der Waals surface area contributed by atoms with Crippen molar-refractivity contribution in [3.8, 4) is 0 Å². The van der Waals surface area contributed by atoms with E-state index in [1.165, 1.54) is 0 Å². The molecule has 0 aromatic carbocycles. The summed E-state index contributed by atoms with van der Waals surface area (Å²) in [7, 11) is -0.334. The van der Waals surface area contributed by atoms with Gasteiger partial charge in [0.2, 0.25) is 0 Å². The first-order chi connectivity index (χ1) is 4.79. The molecule has 1 fully saturated rings. The fraction of sp³-hybridized carbons (Fsp3) is 1.00. The molecule has 0 amide bonds. The van der Waals surface area contributed by atoms with Gasteiger partial charge in [-0.2, -0.15) is 0 Å². The van der Waals surface area contributed by atoms with Crippen LogP contribution in [0.5, 0.6) is 0 Å². The van der Waals surface area contributed by atoms with Gasteiger partial charge in [0.15, 0.2) is 16.3 Å². The zero-order valence-corrected chi connectivity index (χ0v) is 8.09. The SMILES string of the molecule is CCCN1[SiH2]N(CC)C1F. The van der Waals surface area contributed by atoms with Crippen molar-refractivity contribution in [3.05, 3.63) is 0 Å². The lowest BCUT2D eigenvalue weighted by Crippen LogP contribution is -2.64. The van der Waals surface area contributed by atoms with Crippen LogP contribution < -0.4 is 0 Å². The minimum absolute atomic E-state index is 0.334. The maximum atomic E-state index is 12.9. The number of hydrogen-bond donors (Lipinski definition) is 0. The van der Waals surface area contributed by atoms with E-state index in [0.717, 1.165) is 19.5 Å². The van der Waals surface area contributed by atoms with Crippen molar-refractivity contribution in [2.24, 2.45) is 0 Å². The van der Waals surface area contributed by atoms with E-state index in [9.17, 15) is 4.39 Å². The Kier molecular flexibility index (Phi) is 2.82. The summed E-state index contributed by atoms with van der Waals surface area (Å²) in [4.78, 5) is 0. The molecule has 1 aliphatic heterocycles. The van der Waals surface area contributed by atoms with Gasteiger partial charge >= 0.3 is 0 Å². The molecule has 60 valence electrons. The molecule has 0 bridgehead atoms. The van der Waals surface area contributed by atoms with Crippen molar-refractivity contribution in [3.63, 3.8) is 0 Å². The third-order valence-electron chi connectivity index (χ3n) is 1.88. The average molecular weight is 162 g/mol. The summed E-state index contributed by atoms with van der Waals surface area (Å²) in [6, 6.07) is 0. The number of rotatable bonds is 3. The fourth-order valence-corrected chi connectivity index (χ4v) is 2.77. The van der Waals surface area contributed by atoms with E-state index in [1.54, 1.807) is 0 Å². The molecule has 1 aliphatic rings. The highest BCUT2D eigenvalue weighted by Gasteiger charge is 2.34. The van der Waals surface area contributed by atoms with E-state index >= 15 is 0 Å². The first-order valence-corrected chi connectivity index (χ1v) is 5.18. The summed E-state index contributed by atoms with van der Waals surface area (Å²) in [6.45, 7) is 5.94. The zero-order valence-electron chi connectivity index (χ0n) is 6.68.